The molecule has 2 heterocycles. The number of nitrogens with zero attached hydrogens (tertiary/aromatic N) is 3. The van der Waals surface area contributed by atoms with Crippen LogP contribution in [-0.4, -0.2) is 55.1 Å². The summed E-state index contributed by atoms with van der Waals surface area (Å²) >= 11 is 1.54. The number of para-hydroxylation sites is 1. The van der Waals surface area contributed by atoms with E-state index in [-0.39, 0.29) is 11.7 Å². The Morgan fingerprint density at radius 2 is 1.81 bits per heavy atom. The Morgan fingerprint density at radius 1 is 1.00 bits per heavy atom. The van der Waals surface area contributed by atoms with Gasteiger partial charge >= 0.3 is 0 Å². The number of anilines is 1. The van der Waals surface area contributed by atoms with E-state index in [1.807, 2.05) is 48.5 Å². The molecule has 0 radical (unpaired) electrons. The summed E-state index contributed by atoms with van der Waals surface area (Å²) in [6, 6.07) is 18.9. The number of hydrogen-bond donors (Lipinski definition) is 1. The summed E-state index contributed by atoms with van der Waals surface area (Å²) in [5.41, 5.74) is 1.15. The highest BCUT2D eigenvalue weighted by atomic mass is 32.1. The molecule has 0 bridgehead atoms. The first-order valence-corrected chi connectivity index (χ1v) is 11.3. The van der Waals surface area contributed by atoms with Crippen molar-refractivity contribution in [3.8, 4) is 0 Å². The molecule has 4 aromatic rings. The molecule has 5 nitrogen and oxygen atoms in total. The maximum absolute atomic E-state index is 13.9. The molecule has 1 fully saturated rings. The fraction of sp³-hybridized carbons (Fsp3) is 0.250. The van der Waals surface area contributed by atoms with Crippen molar-refractivity contribution in [2.75, 3.05) is 44.2 Å². The molecule has 0 atom stereocenters. The van der Waals surface area contributed by atoms with Crippen molar-refractivity contribution >= 4 is 43.4 Å². The molecular formula is C24H23FN4OS. The standard InChI is InChI=1S/C24H23FN4OS/c25-20-6-3-7-21-22(20)27-24(31-21)29-14-12-28(13-15-29)11-10-26-23(30)19-9-8-17-4-1-2-5-18(17)16-19/h1-9,16H,10-15H2,(H,26,30). The van der Waals surface area contributed by atoms with Crippen molar-refractivity contribution in [3.05, 3.63) is 72.0 Å². The summed E-state index contributed by atoms with van der Waals surface area (Å²) in [5.74, 6) is -0.304. The molecule has 0 spiro atoms. The number of halogens is 1. The van der Waals surface area contributed by atoms with Crippen molar-refractivity contribution in [2.24, 2.45) is 0 Å². The van der Waals surface area contributed by atoms with Crippen LogP contribution in [0.1, 0.15) is 10.4 Å². The SMILES string of the molecule is O=C(NCCN1CCN(c2nc3c(F)cccc3s2)CC1)c1ccc2ccccc2c1. The number of piperazine rings is 1. The lowest BCUT2D eigenvalue weighted by molar-refractivity contribution is 0.0948. The molecule has 1 saturated heterocycles. The van der Waals surface area contributed by atoms with Gasteiger partial charge in [0.05, 0.1) is 4.70 Å². The zero-order chi connectivity index (χ0) is 21.2. The predicted octanol–water partition coefficient (Wildman–Crippen LogP) is 4.14. The number of fused-ring (bicyclic) bond motifs is 2. The molecule has 1 aliphatic rings. The number of amides is 1. The smallest absolute Gasteiger partial charge is 0.251 e. The van der Waals surface area contributed by atoms with Crippen LogP contribution < -0.4 is 10.2 Å². The maximum atomic E-state index is 13.9. The zero-order valence-electron chi connectivity index (χ0n) is 17.1. The molecule has 1 amide bonds. The van der Waals surface area contributed by atoms with E-state index in [1.165, 1.54) is 17.4 Å². The van der Waals surface area contributed by atoms with E-state index in [0.717, 1.165) is 53.3 Å². The average Bonchev–Trinajstić information content (AvgIpc) is 3.25. The van der Waals surface area contributed by atoms with Gasteiger partial charge in [0.25, 0.3) is 5.91 Å². The number of nitrogens with one attached hydrogen (secondary N) is 1. The lowest BCUT2D eigenvalue weighted by Gasteiger charge is -2.34. The Morgan fingerprint density at radius 3 is 2.61 bits per heavy atom. The second kappa shape index (κ2) is 8.61. The van der Waals surface area contributed by atoms with E-state index in [0.29, 0.717) is 17.6 Å². The number of thiazole rings is 1. The summed E-state index contributed by atoms with van der Waals surface area (Å²) in [7, 11) is 0. The molecule has 3 aromatic carbocycles. The number of hydrogen-bond acceptors (Lipinski definition) is 5. The van der Waals surface area contributed by atoms with Gasteiger partial charge < -0.3 is 10.2 Å². The summed E-state index contributed by atoms with van der Waals surface area (Å²) in [6.07, 6.45) is 0. The summed E-state index contributed by atoms with van der Waals surface area (Å²) in [4.78, 5) is 21.6. The molecule has 0 unspecified atom stereocenters. The Kier molecular flexibility index (Phi) is 5.53. The normalized spacial score (nSPS) is 14.9. The monoisotopic (exact) mass is 434 g/mol. The highest BCUT2D eigenvalue weighted by Gasteiger charge is 2.20. The minimum Gasteiger partial charge on any atom is -0.351 e. The maximum Gasteiger partial charge on any atom is 0.251 e. The van der Waals surface area contributed by atoms with Gasteiger partial charge in [-0.05, 0) is 35.0 Å². The lowest BCUT2D eigenvalue weighted by Crippen LogP contribution is -2.48. The predicted molar refractivity (Wildman–Crippen MR) is 125 cm³/mol. The van der Waals surface area contributed by atoms with Crippen molar-refractivity contribution in [1.29, 1.82) is 0 Å². The van der Waals surface area contributed by atoms with Gasteiger partial charge in [-0.3, -0.25) is 9.69 Å². The fourth-order valence-corrected chi connectivity index (χ4v) is 4.99. The van der Waals surface area contributed by atoms with Gasteiger partial charge in [-0.1, -0.05) is 47.7 Å². The molecule has 1 aliphatic heterocycles. The zero-order valence-corrected chi connectivity index (χ0v) is 17.9. The van der Waals surface area contributed by atoms with Gasteiger partial charge in [0.15, 0.2) is 5.13 Å². The van der Waals surface area contributed by atoms with E-state index >= 15 is 0 Å². The van der Waals surface area contributed by atoms with E-state index in [1.54, 1.807) is 6.07 Å². The second-order valence-corrected chi connectivity index (χ2v) is 8.74. The van der Waals surface area contributed by atoms with Crippen LogP contribution in [0, 0.1) is 5.82 Å². The highest BCUT2D eigenvalue weighted by molar-refractivity contribution is 7.22. The summed E-state index contributed by atoms with van der Waals surface area (Å²) in [5, 5.41) is 6.11. The third kappa shape index (κ3) is 4.24. The number of rotatable bonds is 5. The van der Waals surface area contributed by atoms with E-state index in [2.05, 4.69) is 20.1 Å². The Balaban J connectivity index is 1.12. The van der Waals surface area contributed by atoms with Crippen molar-refractivity contribution < 1.29 is 9.18 Å². The molecule has 0 saturated carbocycles. The van der Waals surface area contributed by atoms with Crippen molar-refractivity contribution in [3.63, 3.8) is 0 Å². The Hall–Kier alpha value is -3.03. The van der Waals surface area contributed by atoms with Crippen LogP contribution in [0.4, 0.5) is 9.52 Å². The van der Waals surface area contributed by atoms with Gasteiger partial charge in [0, 0.05) is 44.8 Å². The second-order valence-electron chi connectivity index (χ2n) is 7.73. The van der Waals surface area contributed by atoms with Crippen molar-refractivity contribution in [1.82, 2.24) is 15.2 Å². The third-order valence-electron chi connectivity index (χ3n) is 5.73. The lowest BCUT2D eigenvalue weighted by atomic mass is 10.1. The van der Waals surface area contributed by atoms with Crippen LogP contribution in [0.15, 0.2) is 60.7 Å². The number of aromatic nitrogens is 1. The Labute approximate surface area is 184 Å². The minimum absolute atomic E-state index is 0.0408. The minimum atomic E-state index is -0.263. The quantitative estimate of drug-likeness (QED) is 0.513. The number of carbonyl (C=O) groups is 1. The number of benzene rings is 3. The number of carbonyl (C=O) groups excluding carboxylic acids is 1. The van der Waals surface area contributed by atoms with Gasteiger partial charge in [0.1, 0.15) is 11.3 Å². The third-order valence-corrected chi connectivity index (χ3v) is 6.81. The van der Waals surface area contributed by atoms with Crippen molar-refractivity contribution in [2.45, 2.75) is 0 Å². The fourth-order valence-electron chi connectivity index (χ4n) is 3.96. The van der Waals surface area contributed by atoms with Crippen LogP contribution in [0.5, 0.6) is 0 Å². The molecule has 7 heteroatoms. The van der Waals surface area contributed by atoms with E-state index in [4.69, 9.17) is 0 Å². The molecule has 5 rings (SSSR count). The van der Waals surface area contributed by atoms with Crippen LogP contribution in [-0.2, 0) is 0 Å². The van der Waals surface area contributed by atoms with E-state index in [9.17, 15) is 9.18 Å². The van der Waals surface area contributed by atoms with Crippen LogP contribution in [0.25, 0.3) is 21.0 Å². The molecule has 1 aromatic heterocycles. The van der Waals surface area contributed by atoms with Gasteiger partial charge in [0.2, 0.25) is 0 Å². The molecule has 158 valence electrons. The first kappa shape index (κ1) is 19.9. The largest absolute Gasteiger partial charge is 0.351 e. The Bertz CT molecular complexity index is 1230. The van der Waals surface area contributed by atoms with Crippen LogP contribution >= 0.6 is 11.3 Å². The molecule has 31 heavy (non-hydrogen) atoms. The van der Waals surface area contributed by atoms with E-state index < -0.39 is 0 Å². The first-order valence-electron chi connectivity index (χ1n) is 10.5. The molecular weight excluding hydrogens is 411 g/mol. The summed E-state index contributed by atoms with van der Waals surface area (Å²) in [6.45, 7) is 4.90. The topological polar surface area (TPSA) is 48.5 Å². The van der Waals surface area contributed by atoms with Crippen LogP contribution in [0.3, 0.4) is 0 Å². The molecule has 0 aliphatic carbocycles. The van der Waals surface area contributed by atoms with Crippen LogP contribution in [0.2, 0.25) is 0 Å². The average molecular weight is 435 g/mol. The van der Waals surface area contributed by atoms with Gasteiger partial charge in [-0.2, -0.15) is 0 Å². The van der Waals surface area contributed by atoms with Gasteiger partial charge in [-0.25, -0.2) is 9.37 Å². The highest BCUT2D eigenvalue weighted by Crippen LogP contribution is 2.30. The first-order chi connectivity index (χ1) is 15.2. The summed E-state index contributed by atoms with van der Waals surface area (Å²) < 4.78 is 14.8. The molecule has 1 N–H and O–H groups in total. The van der Waals surface area contributed by atoms with Gasteiger partial charge in [-0.15, -0.1) is 0 Å².